The quantitative estimate of drug-likeness (QED) is 0.361. The van der Waals surface area contributed by atoms with Gasteiger partial charge in [-0.2, -0.15) is 0 Å². The van der Waals surface area contributed by atoms with Crippen molar-refractivity contribution in [2.75, 3.05) is 66.3 Å². The monoisotopic (exact) mass is 257 g/mol. The summed E-state index contributed by atoms with van der Waals surface area (Å²) < 4.78 is 10.3. The zero-order valence-corrected chi connectivity index (χ0v) is 11.5. The van der Waals surface area contributed by atoms with Crippen molar-refractivity contribution in [3.05, 3.63) is 12.2 Å². The van der Waals surface area contributed by atoms with Crippen LogP contribution >= 0.6 is 0 Å². The maximum atomic E-state index is 5.35. The highest BCUT2D eigenvalue weighted by molar-refractivity contribution is 4.83. The van der Waals surface area contributed by atoms with Gasteiger partial charge in [0.25, 0.3) is 0 Å². The zero-order valence-electron chi connectivity index (χ0n) is 11.5. The minimum Gasteiger partial charge on any atom is -0.375 e. The lowest BCUT2D eigenvalue weighted by Gasteiger charge is -2.31. The molecular formula is C13H27N3O2. The van der Waals surface area contributed by atoms with Crippen molar-refractivity contribution < 1.29 is 9.47 Å². The van der Waals surface area contributed by atoms with Gasteiger partial charge in [0, 0.05) is 32.7 Å². The van der Waals surface area contributed by atoms with Crippen LogP contribution in [0.15, 0.2) is 12.2 Å². The van der Waals surface area contributed by atoms with E-state index in [0.717, 1.165) is 13.0 Å². The summed E-state index contributed by atoms with van der Waals surface area (Å²) >= 11 is 0. The van der Waals surface area contributed by atoms with Crippen molar-refractivity contribution in [1.82, 2.24) is 9.80 Å². The second-order valence-electron chi connectivity index (χ2n) is 4.55. The number of nitrogens with two attached hydrogens (primary N) is 1. The van der Waals surface area contributed by atoms with Crippen LogP contribution in [-0.2, 0) is 9.47 Å². The molecule has 0 aromatic heterocycles. The highest BCUT2D eigenvalue weighted by Crippen LogP contribution is 2.00. The smallest absolute Gasteiger partial charge is 0.0941 e. The number of ether oxygens (including phenoxy) is 2. The standard InChI is InChI=1S/C13H27N3O2/c1-15-6-8-16(9-7-15)5-3-2-4-10-17-11-12-18-13-14/h2,4H,3,5-14H2,1H3/b4-2+. The number of hydrogen-bond donors (Lipinski definition) is 1. The van der Waals surface area contributed by atoms with Crippen molar-refractivity contribution in [1.29, 1.82) is 0 Å². The SMILES string of the molecule is CN1CCN(CC/C=C/COCCOCN)CC1. The largest absolute Gasteiger partial charge is 0.375 e. The van der Waals surface area contributed by atoms with Crippen molar-refractivity contribution in [3.8, 4) is 0 Å². The predicted molar refractivity (Wildman–Crippen MR) is 73.5 cm³/mol. The summed E-state index contributed by atoms with van der Waals surface area (Å²) in [6.07, 6.45) is 5.38. The highest BCUT2D eigenvalue weighted by atomic mass is 16.5. The first kappa shape index (κ1) is 15.6. The lowest BCUT2D eigenvalue weighted by molar-refractivity contribution is 0.0613. The molecule has 0 aromatic carbocycles. The molecule has 18 heavy (non-hydrogen) atoms. The fourth-order valence-electron chi connectivity index (χ4n) is 1.87. The third kappa shape index (κ3) is 7.79. The van der Waals surface area contributed by atoms with Crippen LogP contribution in [0.4, 0.5) is 0 Å². The summed E-state index contributed by atoms with van der Waals surface area (Å²) in [5.74, 6) is 0. The molecule has 0 spiro atoms. The number of hydrogen-bond acceptors (Lipinski definition) is 5. The molecule has 0 amide bonds. The van der Waals surface area contributed by atoms with Gasteiger partial charge in [0.1, 0.15) is 0 Å². The molecule has 5 nitrogen and oxygen atoms in total. The zero-order chi connectivity index (χ0) is 13.1. The summed E-state index contributed by atoms with van der Waals surface area (Å²) in [6.45, 7) is 8.03. The first-order chi connectivity index (χ1) is 8.83. The summed E-state index contributed by atoms with van der Waals surface area (Å²) in [6, 6.07) is 0. The summed E-state index contributed by atoms with van der Waals surface area (Å²) in [5.41, 5.74) is 5.19. The van der Waals surface area contributed by atoms with Crippen molar-refractivity contribution >= 4 is 0 Å². The summed E-state index contributed by atoms with van der Waals surface area (Å²) in [4.78, 5) is 4.89. The van der Waals surface area contributed by atoms with E-state index < -0.39 is 0 Å². The Morgan fingerprint density at radius 1 is 1.06 bits per heavy atom. The van der Waals surface area contributed by atoms with E-state index in [1.165, 1.54) is 26.2 Å². The van der Waals surface area contributed by atoms with Gasteiger partial charge in [0.15, 0.2) is 0 Å². The number of rotatable bonds is 9. The Bertz CT molecular complexity index is 216. The van der Waals surface area contributed by atoms with E-state index in [0.29, 0.717) is 19.8 Å². The molecule has 0 atom stereocenters. The molecule has 0 aromatic rings. The van der Waals surface area contributed by atoms with E-state index in [1.807, 2.05) is 0 Å². The molecule has 5 heteroatoms. The predicted octanol–water partition coefficient (Wildman–Crippen LogP) is 0.130. The Morgan fingerprint density at radius 3 is 2.50 bits per heavy atom. The normalized spacial score (nSPS) is 18.8. The summed E-state index contributed by atoms with van der Waals surface area (Å²) in [7, 11) is 2.18. The van der Waals surface area contributed by atoms with Crippen LogP contribution in [0.3, 0.4) is 0 Å². The minimum atomic E-state index is 0.268. The van der Waals surface area contributed by atoms with Crippen LogP contribution in [0.1, 0.15) is 6.42 Å². The molecule has 1 rings (SSSR count). The van der Waals surface area contributed by atoms with Gasteiger partial charge in [-0.1, -0.05) is 12.2 Å². The average Bonchev–Trinajstić information content (AvgIpc) is 2.39. The molecule has 106 valence electrons. The molecule has 0 radical (unpaired) electrons. The number of likely N-dealkylation sites (N-methyl/N-ethyl adjacent to an activating group) is 1. The number of nitrogens with zero attached hydrogens (tertiary/aromatic N) is 2. The lowest BCUT2D eigenvalue weighted by Crippen LogP contribution is -2.44. The molecule has 0 bridgehead atoms. The van der Waals surface area contributed by atoms with Gasteiger partial charge in [-0.05, 0) is 13.5 Å². The molecule has 0 unspecified atom stereocenters. The molecular weight excluding hydrogens is 230 g/mol. The Hall–Kier alpha value is -0.460. The Kier molecular flexibility index (Phi) is 9.06. The second kappa shape index (κ2) is 10.5. The van der Waals surface area contributed by atoms with E-state index in [4.69, 9.17) is 15.2 Å². The van der Waals surface area contributed by atoms with Crippen LogP contribution < -0.4 is 5.73 Å². The van der Waals surface area contributed by atoms with E-state index in [9.17, 15) is 0 Å². The second-order valence-corrected chi connectivity index (χ2v) is 4.55. The molecule has 1 saturated heterocycles. The van der Waals surface area contributed by atoms with E-state index in [-0.39, 0.29) is 6.73 Å². The van der Waals surface area contributed by atoms with E-state index >= 15 is 0 Å². The van der Waals surface area contributed by atoms with E-state index in [2.05, 4.69) is 29.0 Å². The van der Waals surface area contributed by atoms with Gasteiger partial charge >= 0.3 is 0 Å². The highest BCUT2D eigenvalue weighted by Gasteiger charge is 2.11. The molecule has 1 aliphatic heterocycles. The van der Waals surface area contributed by atoms with Gasteiger partial charge < -0.3 is 25.0 Å². The van der Waals surface area contributed by atoms with Crippen molar-refractivity contribution in [2.24, 2.45) is 5.73 Å². The van der Waals surface area contributed by atoms with Crippen LogP contribution in [-0.4, -0.2) is 76.1 Å². The van der Waals surface area contributed by atoms with Gasteiger partial charge in [-0.3, -0.25) is 0 Å². The maximum absolute atomic E-state index is 5.35. The number of piperazine rings is 1. The first-order valence-corrected chi connectivity index (χ1v) is 6.74. The van der Waals surface area contributed by atoms with Gasteiger partial charge in [-0.25, -0.2) is 0 Å². The van der Waals surface area contributed by atoms with E-state index in [1.54, 1.807) is 0 Å². The topological polar surface area (TPSA) is 51.0 Å². The maximum Gasteiger partial charge on any atom is 0.0941 e. The van der Waals surface area contributed by atoms with Crippen LogP contribution in [0, 0.1) is 0 Å². The fraction of sp³-hybridized carbons (Fsp3) is 0.846. The Morgan fingerprint density at radius 2 is 1.78 bits per heavy atom. The first-order valence-electron chi connectivity index (χ1n) is 6.74. The third-order valence-corrected chi connectivity index (χ3v) is 3.08. The third-order valence-electron chi connectivity index (χ3n) is 3.08. The van der Waals surface area contributed by atoms with Gasteiger partial charge in [0.2, 0.25) is 0 Å². The van der Waals surface area contributed by atoms with Crippen LogP contribution in [0.2, 0.25) is 0 Å². The minimum absolute atomic E-state index is 0.268. The van der Waals surface area contributed by atoms with Gasteiger partial charge in [0.05, 0.1) is 26.6 Å². The van der Waals surface area contributed by atoms with Crippen LogP contribution in [0.25, 0.3) is 0 Å². The summed E-state index contributed by atoms with van der Waals surface area (Å²) in [5, 5.41) is 0. The molecule has 1 heterocycles. The van der Waals surface area contributed by atoms with Gasteiger partial charge in [-0.15, -0.1) is 0 Å². The molecule has 1 aliphatic rings. The van der Waals surface area contributed by atoms with Crippen LogP contribution in [0.5, 0.6) is 0 Å². The van der Waals surface area contributed by atoms with Crippen molar-refractivity contribution in [2.45, 2.75) is 6.42 Å². The fourth-order valence-corrected chi connectivity index (χ4v) is 1.87. The Balaban J connectivity index is 1.88. The molecule has 0 saturated carbocycles. The molecule has 1 fully saturated rings. The van der Waals surface area contributed by atoms with Crippen molar-refractivity contribution in [3.63, 3.8) is 0 Å². The lowest BCUT2D eigenvalue weighted by atomic mass is 10.3. The molecule has 2 N–H and O–H groups in total. The average molecular weight is 257 g/mol. The Labute approximate surface area is 111 Å². The molecule has 0 aliphatic carbocycles.